The summed E-state index contributed by atoms with van der Waals surface area (Å²) in [6.07, 6.45) is 0. The van der Waals surface area contributed by atoms with Crippen LogP contribution in [-0.2, 0) is 0 Å². The summed E-state index contributed by atoms with van der Waals surface area (Å²) >= 11 is 5.00. The largest absolute Gasteiger partial charge is 0.497 e. The molecule has 20 heavy (non-hydrogen) atoms. The second-order valence-corrected chi connectivity index (χ2v) is 4.82. The smallest absolute Gasteiger partial charge is 0.146 e. The lowest BCUT2D eigenvalue weighted by atomic mass is 10.1. The van der Waals surface area contributed by atoms with E-state index in [2.05, 4.69) is 5.32 Å². The standard InChI is InChI=1S/C15H15FN2OS/c1-9-3-6-13(12(16)7-9)18-14-8-10(19-2)4-5-11(14)15(17)20/h3-8,18H,1-2H3,(H2,17,20). The lowest BCUT2D eigenvalue weighted by Crippen LogP contribution is -2.12. The molecule has 3 nitrogen and oxygen atoms in total. The van der Waals surface area contributed by atoms with Gasteiger partial charge < -0.3 is 15.8 Å². The molecule has 5 heteroatoms. The van der Waals surface area contributed by atoms with Gasteiger partial charge in [-0.15, -0.1) is 0 Å². The van der Waals surface area contributed by atoms with Crippen molar-refractivity contribution in [3.05, 3.63) is 53.3 Å². The SMILES string of the molecule is COc1ccc(C(N)=S)c(Nc2ccc(C)cc2F)c1. The number of hydrogen-bond acceptors (Lipinski definition) is 3. The van der Waals surface area contributed by atoms with E-state index in [4.69, 9.17) is 22.7 Å². The summed E-state index contributed by atoms with van der Waals surface area (Å²) in [7, 11) is 1.56. The number of methoxy groups -OCH3 is 1. The summed E-state index contributed by atoms with van der Waals surface area (Å²) in [4.78, 5) is 0.239. The van der Waals surface area contributed by atoms with Crippen LogP contribution in [0.4, 0.5) is 15.8 Å². The highest BCUT2D eigenvalue weighted by Crippen LogP contribution is 2.27. The molecule has 0 aliphatic heterocycles. The summed E-state index contributed by atoms with van der Waals surface area (Å²) in [5.74, 6) is 0.307. The van der Waals surface area contributed by atoms with Crippen molar-refractivity contribution in [1.82, 2.24) is 0 Å². The number of hydrogen-bond donors (Lipinski definition) is 2. The fourth-order valence-corrected chi connectivity index (χ4v) is 2.01. The third-order valence-electron chi connectivity index (χ3n) is 2.89. The van der Waals surface area contributed by atoms with Crippen LogP contribution >= 0.6 is 12.2 Å². The highest BCUT2D eigenvalue weighted by molar-refractivity contribution is 7.80. The number of anilines is 2. The zero-order valence-electron chi connectivity index (χ0n) is 11.2. The Morgan fingerprint density at radius 2 is 1.95 bits per heavy atom. The fraction of sp³-hybridized carbons (Fsp3) is 0.133. The van der Waals surface area contributed by atoms with Gasteiger partial charge in [0.2, 0.25) is 0 Å². The monoisotopic (exact) mass is 290 g/mol. The minimum absolute atomic E-state index is 0.239. The van der Waals surface area contributed by atoms with Crippen LogP contribution in [0.15, 0.2) is 36.4 Å². The molecule has 0 bridgehead atoms. The molecule has 0 fully saturated rings. The predicted molar refractivity (Wildman–Crippen MR) is 83.3 cm³/mol. The lowest BCUT2D eigenvalue weighted by molar-refractivity contribution is 0.415. The van der Waals surface area contributed by atoms with Gasteiger partial charge in [0.25, 0.3) is 0 Å². The zero-order valence-corrected chi connectivity index (χ0v) is 12.1. The molecule has 0 aromatic heterocycles. The van der Waals surface area contributed by atoms with Gasteiger partial charge in [0.05, 0.1) is 18.5 Å². The molecule has 0 amide bonds. The molecule has 0 spiro atoms. The molecule has 0 aliphatic rings. The maximum absolute atomic E-state index is 13.9. The maximum atomic E-state index is 13.9. The number of ether oxygens (including phenoxy) is 1. The van der Waals surface area contributed by atoms with Crippen molar-refractivity contribution < 1.29 is 9.13 Å². The van der Waals surface area contributed by atoms with Gasteiger partial charge in [-0.2, -0.15) is 0 Å². The van der Waals surface area contributed by atoms with Crippen LogP contribution in [0.3, 0.4) is 0 Å². The van der Waals surface area contributed by atoms with E-state index in [9.17, 15) is 4.39 Å². The lowest BCUT2D eigenvalue weighted by Gasteiger charge is -2.13. The van der Waals surface area contributed by atoms with E-state index in [1.54, 1.807) is 31.4 Å². The Kier molecular flexibility index (Phi) is 4.20. The van der Waals surface area contributed by atoms with Crippen LogP contribution in [0, 0.1) is 12.7 Å². The first-order valence-corrected chi connectivity index (χ1v) is 6.43. The first-order chi connectivity index (χ1) is 9.51. The molecule has 0 saturated carbocycles. The minimum atomic E-state index is -0.332. The quantitative estimate of drug-likeness (QED) is 0.846. The maximum Gasteiger partial charge on any atom is 0.146 e. The Labute approximate surface area is 122 Å². The van der Waals surface area contributed by atoms with E-state index in [1.807, 2.05) is 13.0 Å². The topological polar surface area (TPSA) is 47.3 Å². The van der Waals surface area contributed by atoms with Crippen LogP contribution in [0.1, 0.15) is 11.1 Å². The number of nitrogens with one attached hydrogen (secondary N) is 1. The van der Waals surface area contributed by atoms with Crippen LogP contribution in [0.5, 0.6) is 5.75 Å². The summed E-state index contributed by atoms with van der Waals surface area (Å²) in [6.45, 7) is 1.83. The minimum Gasteiger partial charge on any atom is -0.497 e. The van der Waals surface area contributed by atoms with Gasteiger partial charge in [-0.05, 0) is 36.8 Å². The summed E-state index contributed by atoms with van der Waals surface area (Å²) < 4.78 is 19.1. The van der Waals surface area contributed by atoms with E-state index in [-0.39, 0.29) is 10.8 Å². The molecular formula is C15H15FN2OS. The number of thiocarbonyl (C=S) groups is 1. The Morgan fingerprint density at radius 1 is 1.20 bits per heavy atom. The van der Waals surface area contributed by atoms with Gasteiger partial charge in [0, 0.05) is 11.6 Å². The van der Waals surface area contributed by atoms with Gasteiger partial charge in [0.1, 0.15) is 16.6 Å². The molecule has 2 aromatic carbocycles. The Morgan fingerprint density at radius 3 is 2.55 bits per heavy atom. The van der Waals surface area contributed by atoms with E-state index >= 15 is 0 Å². The van der Waals surface area contributed by atoms with Crippen molar-refractivity contribution in [2.45, 2.75) is 6.92 Å². The van der Waals surface area contributed by atoms with E-state index in [0.717, 1.165) is 5.56 Å². The molecule has 0 radical (unpaired) electrons. The van der Waals surface area contributed by atoms with Crippen LogP contribution in [-0.4, -0.2) is 12.1 Å². The number of halogens is 1. The van der Waals surface area contributed by atoms with Gasteiger partial charge in [-0.25, -0.2) is 4.39 Å². The van der Waals surface area contributed by atoms with Crippen molar-refractivity contribution in [1.29, 1.82) is 0 Å². The Bertz CT molecular complexity index is 658. The van der Waals surface area contributed by atoms with Crippen molar-refractivity contribution in [3.63, 3.8) is 0 Å². The molecule has 0 unspecified atom stereocenters. The number of nitrogens with two attached hydrogens (primary N) is 1. The van der Waals surface area contributed by atoms with Crippen molar-refractivity contribution in [2.24, 2.45) is 5.73 Å². The van der Waals surface area contributed by atoms with Crippen molar-refractivity contribution in [2.75, 3.05) is 12.4 Å². The predicted octanol–water partition coefficient (Wildman–Crippen LogP) is 3.52. The molecule has 0 heterocycles. The van der Waals surface area contributed by atoms with E-state index < -0.39 is 0 Å². The first kappa shape index (κ1) is 14.3. The fourth-order valence-electron chi connectivity index (χ4n) is 1.84. The summed E-state index contributed by atoms with van der Waals surface area (Å²) in [5.41, 5.74) is 8.15. The van der Waals surface area contributed by atoms with E-state index in [0.29, 0.717) is 22.7 Å². The second kappa shape index (κ2) is 5.88. The van der Waals surface area contributed by atoms with Crippen molar-refractivity contribution >= 4 is 28.6 Å². The van der Waals surface area contributed by atoms with E-state index in [1.165, 1.54) is 6.07 Å². The highest BCUT2D eigenvalue weighted by Gasteiger charge is 2.09. The molecule has 3 N–H and O–H groups in total. The normalized spacial score (nSPS) is 10.2. The number of benzene rings is 2. The zero-order chi connectivity index (χ0) is 14.7. The first-order valence-electron chi connectivity index (χ1n) is 6.02. The molecule has 0 atom stereocenters. The second-order valence-electron chi connectivity index (χ2n) is 4.38. The Hall–Kier alpha value is -2.14. The van der Waals surface area contributed by atoms with Crippen molar-refractivity contribution in [3.8, 4) is 5.75 Å². The van der Waals surface area contributed by atoms with Crippen LogP contribution < -0.4 is 15.8 Å². The van der Waals surface area contributed by atoms with Gasteiger partial charge in [-0.1, -0.05) is 18.3 Å². The Balaban J connectivity index is 2.43. The summed E-state index contributed by atoms with van der Waals surface area (Å²) in [5, 5.41) is 3.00. The molecule has 104 valence electrons. The third-order valence-corrected chi connectivity index (χ3v) is 3.11. The molecule has 0 saturated heterocycles. The molecule has 2 rings (SSSR count). The molecule has 2 aromatic rings. The van der Waals surface area contributed by atoms with Gasteiger partial charge in [-0.3, -0.25) is 0 Å². The third kappa shape index (κ3) is 3.05. The van der Waals surface area contributed by atoms with Gasteiger partial charge >= 0.3 is 0 Å². The highest BCUT2D eigenvalue weighted by atomic mass is 32.1. The summed E-state index contributed by atoms with van der Waals surface area (Å²) in [6, 6.07) is 10.2. The van der Waals surface area contributed by atoms with Crippen LogP contribution in [0.2, 0.25) is 0 Å². The molecular weight excluding hydrogens is 275 g/mol. The van der Waals surface area contributed by atoms with Crippen LogP contribution in [0.25, 0.3) is 0 Å². The number of rotatable bonds is 4. The average molecular weight is 290 g/mol. The average Bonchev–Trinajstić information content (AvgIpc) is 2.41. The molecule has 0 aliphatic carbocycles. The number of aryl methyl sites for hydroxylation is 1. The van der Waals surface area contributed by atoms with Gasteiger partial charge in [0.15, 0.2) is 0 Å².